The number of aryl methyl sites for hydroxylation is 4. The van der Waals surface area contributed by atoms with Gasteiger partial charge in [0.2, 0.25) is 0 Å². The molecular weight excluding hydrogens is 296 g/mol. The lowest BCUT2D eigenvalue weighted by Crippen LogP contribution is -2.08. The van der Waals surface area contributed by atoms with Crippen LogP contribution < -0.4 is 0 Å². The Morgan fingerprint density at radius 3 is 2.17 bits per heavy atom. The predicted molar refractivity (Wildman–Crippen MR) is 98.0 cm³/mol. The number of hydrogen-bond acceptors (Lipinski definition) is 4. The summed E-state index contributed by atoms with van der Waals surface area (Å²) in [7, 11) is 0. The highest BCUT2D eigenvalue weighted by Gasteiger charge is 2.09. The molecule has 0 aromatic carbocycles. The lowest BCUT2D eigenvalue weighted by Gasteiger charge is -2.10. The zero-order chi connectivity index (χ0) is 17.7. The van der Waals surface area contributed by atoms with Gasteiger partial charge in [-0.25, -0.2) is 9.97 Å². The highest BCUT2D eigenvalue weighted by Crippen LogP contribution is 2.12. The van der Waals surface area contributed by atoms with Crippen LogP contribution in [-0.4, -0.2) is 19.9 Å². The van der Waals surface area contributed by atoms with E-state index in [1.165, 1.54) is 0 Å². The molecule has 2 rings (SSSR count). The lowest BCUT2D eigenvalue weighted by molar-refractivity contribution is 0.613. The van der Waals surface area contributed by atoms with Gasteiger partial charge in [-0.1, -0.05) is 27.7 Å². The summed E-state index contributed by atoms with van der Waals surface area (Å²) in [6, 6.07) is 2.08. The molecule has 0 saturated heterocycles. The Hall–Kier alpha value is -1.84. The average molecular weight is 326 g/mol. The van der Waals surface area contributed by atoms with Crippen LogP contribution >= 0.6 is 0 Å². The minimum atomic E-state index is 0.571. The number of rotatable bonds is 7. The van der Waals surface area contributed by atoms with Gasteiger partial charge >= 0.3 is 0 Å². The number of nitrogens with zero attached hydrogens (tertiary/aromatic N) is 4. The topological polar surface area (TPSA) is 51.6 Å². The summed E-state index contributed by atoms with van der Waals surface area (Å²) < 4.78 is 0. The molecule has 0 saturated carbocycles. The molecule has 0 bridgehead atoms. The molecule has 4 heteroatoms. The fraction of sp³-hybridized carbons (Fsp3) is 0.600. The van der Waals surface area contributed by atoms with Crippen molar-refractivity contribution in [3.05, 3.63) is 46.6 Å². The van der Waals surface area contributed by atoms with Gasteiger partial charge in [0.25, 0.3) is 0 Å². The van der Waals surface area contributed by atoms with E-state index in [-0.39, 0.29) is 0 Å². The second-order valence-corrected chi connectivity index (χ2v) is 7.51. The Morgan fingerprint density at radius 2 is 1.50 bits per heavy atom. The van der Waals surface area contributed by atoms with Crippen LogP contribution in [0.5, 0.6) is 0 Å². The quantitative estimate of drug-likeness (QED) is 0.770. The SMILES string of the molecule is Cc1cc(CCc2cnc(C)c(CC(C)C)n2)nc(CC(C)C)n1. The Balaban J connectivity index is 2.09. The summed E-state index contributed by atoms with van der Waals surface area (Å²) in [4.78, 5) is 18.6. The normalized spacial score (nSPS) is 11.5. The van der Waals surface area contributed by atoms with Gasteiger partial charge in [-0.3, -0.25) is 9.97 Å². The smallest absolute Gasteiger partial charge is 0.129 e. The molecule has 0 atom stereocenters. The largest absolute Gasteiger partial charge is 0.258 e. The maximum Gasteiger partial charge on any atom is 0.129 e. The maximum atomic E-state index is 4.81. The first-order valence-corrected chi connectivity index (χ1v) is 8.98. The lowest BCUT2D eigenvalue weighted by atomic mass is 10.1. The molecule has 0 aliphatic rings. The van der Waals surface area contributed by atoms with Crippen molar-refractivity contribution in [2.75, 3.05) is 0 Å². The van der Waals surface area contributed by atoms with Crippen LogP contribution in [0.1, 0.15) is 62.0 Å². The third kappa shape index (κ3) is 5.66. The van der Waals surface area contributed by atoms with Gasteiger partial charge in [-0.15, -0.1) is 0 Å². The van der Waals surface area contributed by atoms with E-state index in [2.05, 4.69) is 43.7 Å². The van der Waals surface area contributed by atoms with Gasteiger partial charge < -0.3 is 0 Å². The van der Waals surface area contributed by atoms with E-state index in [0.717, 1.165) is 60.0 Å². The Bertz CT molecular complexity index is 677. The standard InChI is InChI=1S/C20H30N4/c1-13(2)9-19-16(6)21-12-18(23-19)8-7-17-11-15(5)22-20(24-17)10-14(3)4/h11-14H,7-10H2,1-6H3. The minimum Gasteiger partial charge on any atom is -0.258 e. The van der Waals surface area contributed by atoms with Gasteiger partial charge in [-0.05, 0) is 51.0 Å². The van der Waals surface area contributed by atoms with Crippen molar-refractivity contribution in [3.8, 4) is 0 Å². The maximum absolute atomic E-state index is 4.81. The van der Waals surface area contributed by atoms with Crippen LogP contribution in [-0.2, 0) is 25.7 Å². The third-order valence-corrected chi connectivity index (χ3v) is 3.89. The van der Waals surface area contributed by atoms with Crippen LogP contribution in [0.4, 0.5) is 0 Å². The van der Waals surface area contributed by atoms with E-state index >= 15 is 0 Å². The summed E-state index contributed by atoms with van der Waals surface area (Å²) >= 11 is 0. The number of hydrogen-bond donors (Lipinski definition) is 0. The zero-order valence-corrected chi connectivity index (χ0v) is 15.9. The van der Waals surface area contributed by atoms with Crippen LogP contribution in [0.15, 0.2) is 12.3 Å². The molecule has 0 N–H and O–H groups in total. The Morgan fingerprint density at radius 1 is 0.833 bits per heavy atom. The van der Waals surface area contributed by atoms with Crippen molar-refractivity contribution in [1.29, 1.82) is 0 Å². The summed E-state index contributed by atoms with van der Waals surface area (Å²) in [5.74, 6) is 2.12. The minimum absolute atomic E-state index is 0.571. The zero-order valence-electron chi connectivity index (χ0n) is 15.9. The van der Waals surface area contributed by atoms with Crippen molar-refractivity contribution in [2.45, 2.75) is 67.2 Å². The molecule has 0 radical (unpaired) electrons. The second-order valence-electron chi connectivity index (χ2n) is 7.51. The average Bonchev–Trinajstić information content (AvgIpc) is 2.46. The van der Waals surface area contributed by atoms with Gasteiger partial charge in [0.05, 0.1) is 17.1 Å². The molecule has 0 unspecified atom stereocenters. The van der Waals surface area contributed by atoms with Crippen molar-refractivity contribution in [3.63, 3.8) is 0 Å². The van der Waals surface area contributed by atoms with Crippen LogP contribution in [0.25, 0.3) is 0 Å². The molecule has 4 nitrogen and oxygen atoms in total. The van der Waals surface area contributed by atoms with Gasteiger partial charge in [0.15, 0.2) is 0 Å². The summed E-state index contributed by atoms with van der Waals surface area (Å²) in [5, 5.41) is 0. The molecule has 0 amide bonds. The molecule has 0 spiro atoms. The van der Waals surface area contributed by atoms with Crippen molar-refractivity contribution >= 4 is 0 Å². The summed E-state index contributed by atoms with van der Waals surface area (Å²) in [6.07, 6.45) is 5.57. The first-order chi connectivity index (χ1) is 11.3. The van der Waals surface area contributed by atoms with Crippen molar-refractivity contribution in [2.24, 2.45) is 11.8 Å². The van der Waals surface area contributed by atoms with Crippen LogP contribution in [0.3, 0.4) is 0 Å². The van der Waals surface area contributed by atoms with Crippen molar-refractivity contribution in [1.82, 2.24) is 19.9 Å². The Kier molecular flexibility index (Phi) is 6.41. The molecule has 130 valence electrons. The molecule has 0 fully saturated rings. The molecule has 24 heavy (non-hydrogen) atoms. The van der Waals surface area contributed by atoms with Gasteiger partial charge in [-0.2, -0.15) is 0 Å². The van der Waals surface area contributed by atoms with Gasteiger partial charge in [0.1, 0.15) is 5.82 Å². The molecular formula is C20H30N4. The highest BCUT2D eigenvalue weighted by molar-refractivity contribution is 5.16. The molecule has 0 aliphatic heterocycles. The monoisotopic (exact) mass is 326 g/mol. The van der Waals surface area contributed by atoms with Crippen molar-refractivity contribution < 1.29 is 0 Å². The fourth-order valence-electron chi connectivity index (χ4n) is 2.77. The first kappa shape index (κ1) is 18.5. The van der Waals surface area contributed by atoms with E-state index in [0.29, 0.717) is 11.8 Å². The Labute approximate surface area is 146 Å². The number of aromatic nitrogens is 4. The third-order valence-electron chi connectivity index (χ3n) is 3.89. The second kappa shape index (κ2) is 8.32. The molecule has 2 aromatic rings. The van der Waals surface area contributed by atoms with E-state index in [9.17, 15) is 0 Å². The summed E-state index contributed by atoms with van der Waals surface area (Å²) in [5.41, 5.74) is 5.38. The van der Waals surface area contributed by atoms with E-state index in [1.807, 2.05) is 20.0 Å². The fourth-order valence-corrected chi connectivity index (χ4v) is 2.77. The van der Waals surface area contributed by atoms with E-state index in [4.69, 9.17) is 9.97 Å². The molecule has 2 heterocycles. The van der Waals surface area contributed by atoms with Crippen LogP contribution in [0, 0.1) is 25.7 Å². The summed E-state index contributed by atoms with van der Waals surface area (Å²) in [6.45, 7) is 12.9. The first-order valence-electron chi connectivity index (χ1n) is 8.98. The van der Waals surface area contributed by atoms with Crippen LogP contribution in [0.2, 0.25) is 0 Å². The van der Waals surface area contributed by atoms with E-state index in [1.54, 1.807) is 0 Å². The molecule has 2 aromatic heterocycles. The molecule has 0 aliphatic carbocycles. The predicted octanol–water partition coefficient (Wildman–Crippen LogP) is 4.07. The van der Waals surface area contributed by atoms with E-state index < -0.39 is 0 Å². The highest BCUT2D eigenvalue weighted by atomic mass is 14.9. The van der Waals surface area contributed by atoms with Gasteiger partial charge in [0, 0.05) is 24.0 Å².